The number of nitrogens with one attached hydrogen (secondary N) is 1. The van der Waals surface area contributed by atoms with E-state index in [0.29, 0.717) is 12.6 Å². The number of aromatic nitrogens is 2. The Bertz CT molecular complexity index is 626. The van der Waals surface area contributed by atoms with Crippen molar-refractivity contribution in [1.82, 2.24) is 20.0 Å². The monoisotopic (exact) mass is 328 g/mol. The molecule has 4 nitrogen and oxygen atoms in total. The molecule has 0 bridgehead atoms. The largest absolute Gasteiger partial charge is 0.315 e. The summed E-state index contributed by atoms with van der Waals surface area (Å²) in [4.78, 5) is 2.24. The van der Waals surface area contributed by atoms with Crippen molar-refractivity contribution in [2.45, 2.75) is 19.0 Å². The minimum absolute atomic E-state index is 0. The first-order chi connectivity index (χ1) is 10.1. The highest BCUT2D eigenvalue weighted by atomic mass is 35.5. The summed E-state index contributed by atoms with van der Waals surface area (Å²) in [7, 11) is 2.06. The van der Waals surface area contributed by atoms with Gasteiger partial charge in [-0.15, -0.1) is 12.4 Å². The van der Waals surface area contributed by atoms with Crippen LogP contribution in [0.2, 0.25) is 0 Å². The second kappa shape index (κ2) is 7.17. The SMILES string of the molecule is CN(Cc1ccn(-c2ccc(F)cc2F)n1)C1CCNC1.Cl. The van der Waals surface area contributed by atoms with Crippen LogP contribution in [0.4, 0.5) is 8.78 Å². The molecule has 1 N–H and O–H groups in total. The molecule has 0 amide bonds. The average Bonchev–Trinajstić information content (AvgIpc) is 3.09. The van der Waals surface area contributed by atoms with E-state index in [2.05, 4.69) is 22.4 Å². The van der Waals surface area contributed by atoms with Gasteiger partial charge in [0, 0.05) is 31.4 Å². The van der Waals surface area contributed by atoms with Crippen molar-refractivity contribution < 1.29 is 8.78 Å². The van der Waals surface area contributed by atoms with Crippen LogP contribution in [0.25, 0.3) is 5.69 Å². The maximum atomic E-state index is 13.7. The van der Waals surface area contributed by atoms with E-state index in [1.807, 2.05) is 6.07 Å². The Hall–Kier alpha value is -1.50. The minimum atomic E-state index is -0.613. The lowest BCUT2D eigenvalue weighted by Crippen LogP contribution is -2.33. The van der Waals surface area contributed by atoms with Crippen LogP contribution in [0.1, 0.15) is 12.1 Å². The third-order valence-electron chi connectivity index (χ3n) is 3.87. The first-order valence-electron chi connectivity index (χ1n) is 7.04. The molecule has 0 saturated carbocycles. The van der Waals surface area contributed by atoms with E-state index in [1.54, 1.807) is 6.20 Å². The Morgan fingerprint density at radius 2 is 2.18 bits per heavy atom. The molecule has 1 unspecified atom stereocenters. The van der Waals surface area contributed by atoms with Crippen LogP contribution < -0.4 is 5.32 Å². The zero-order valence-electron chi connectivity index (χ0n) is 12.3. The van der Waals surface area contributed by atoms with E-state index in [1.165, 1.54) is 16.8 Å². The fourth-order valence-electron chi connectivity index (χ4n) is 2.65. The van der Waals surface area contributed by atoms with E-state index >= 15 is 0 Å². The molecule has 2 heterocycles. The van der Waals surface area contributed by atoms with Gasteiger partial charge in [-0.2, -0.15) is 5.10 Å². The zero-order chi connectivity index (χ0) is 14.8. The summed E-state index contributed by atoms with van der Waals surface area (Å²) < 4.78 is 28.1. The van der Waals surface area contributed by atoms with Gasteiger partial charge in [-0.3, -0.25) is 4.90 Å². The molecule has 2 aromatic rings. The molecule has 7 heteroatoms. The molecule has 120 valence electrons. The van der Waals surface area contributed by atoms with E-state index < -0.39 is 11.6 Å². The Balaban J connectivity index is 0.00000176. The molecule has 1 aliphatic heterocycles. The number of hydrogen-bond acceptors (Lipinski definition) is 3. The highest BCUT2D eigenvalue weighted by Gasteiger charge is 2.19. The van der Waals surface area contributed by atoms with Crippen LogP contribution in [0.3, 0.4) is 0 Å². The van der Waals surface area contributed by atoms with Gasteiger partial charge in [0.25, 0.3) is 0 Å². The van der Waals surface area contributed by atoms with Gasteiger partial charge in [0.05, 0.1) is 5.69 Å². The first-order valence-corrected chi connectivity index (χ1v) is 7.04. The van der Waals surface area contributed by atoms with Crippen LogP contribution in [0.15, 0.2) is 30.5 Å². The van der Waals surface area contributed by atoms with Crippen molar-refractivity contribution in [3.63, 3.8) is 0 Å². The quantitative estimate of drug-likeness (QED) is 0.935. The lowest BCUT2D eigenvalue weighted by atomic mass is 10.2. The molecule has 1 aromatic heterocycles. The molecule has 0 aliphatic carbocycles. The van der Waals surface area contributed by atoms with Crippen LogP contribution >= 0.6 is 12.4 Å². The van der Waals surface area contributed by atoms with Crippen molar-refractivity contribution in [3.05, 3.63) is 47.8 Å². The molecular formula is C15H19ClF2N4. The van der Waals surface area contributed by atoms with Gasteiger partial charge in [0.15, 0.2) is 5.82 Å². The highest BCUT2D eigenvalue weighted by Crippen LogP contribution is 2.15. The smallest absolute Gasteiger partial charge is 0.151 e. The summed E-state index contributed by atoms with van der Waals surface area (Å²) >= 11 is 0. The first kappa shape index (κ1) is 16.9. The van der Waals surface area contributed by atoms with E-state index in [-0.39, 0.29) is 18.1 Å². The second-order valence-corrected chi connectivity index (χ2v) is 5.41. The van der Waals surface area contributed by atoms with Gasteiger partial charge < -0.3 is 5.32 Å². The predicted octanol–water partition coefficient (Wildman–Crippen LogP) is 2.37. The molecule has 22 heavy (non-hydrogen) atoms. The summed E-state index contributed by atoms with van der Waals surface area (Å²) in [6, 6.07) is 5.87. The van der Waals surface area contributed by atoms with Gasteiger partial charge >= 0.3 is 0 Å². The number of benzene rings is 1. The molecule has 1 aliphatic rings. The third kappa shape index (κ3) is 3.63. The van der Waals surface area contributed by atoms with Crippen LogP contribution in [0, 0.1) is 11.6 Å². The van der Waals surface area contributed by atoms with E-state index in [9.17, 15) is 8.78 Å². The van der Waals surface area contributed by atoms with Crippen molar-refractivity contribution in [3.8, 4) is 5.69 Å². The number of hydrogen-bond donors (Lipinski definition) is 1. The van der Waals surface area contributed by atoms with Crippen LogP contribution in [-0.2, 0) is 6.54 Å². The van der Waals surface area contributed by atoms with Gasteiger partial charge in [-0.05, 0) is 38.2 Å². The topological polar surface area (TPSA) is 33.1 Å². The van der Waals surface area contributed by atoms with Gasteiger partial charge in [-0.1, -0.05) is 0 Å². The highest BCUT2D eigenvalue weighted by molar-refractivity contribution is 5.85. The fraction of sp³-hybridized carbons (Fsp3) is 0.400. The van der Waals surface area contributed by atoms with Crippen molar-refractivity contribution in [2.75, 3.05) is 20.1 Å². The number of likely N-dealkylation sites (N-methyl/N-ethyl adjacent to an activating group) is 1. The molecule has 1 saturated heterocycles. The fourth-order valence-corrected chi connectivity index (χ4v) is 2.65. The van der Waals surface area contributed by atoms with Crippen molar-refractivity contribution >= 4 is 12.4 Å². The summed E-state index contributed by atoms with van der Waals surface area (Å²) in [6.45, 7) is 2.75. The normalized spacial score (nSPS) is 17.7. The molecule has 3 rings (SSSR count). The average molecular weight is 329 g/mol. The van der Waals surface area contributed by atoms with Crippen molar-refractivity contribution in [1.29, 1.82) is 0 Å². The Kier molecular flexibility index (Phi) is 5.50. The van der Waals surface area contributed by atoms with E-state index in [0.717, 1.165) is 31.3 Å². The van der Waals surface area contributed by atoms with Crippen molar-refractivity contribution in [2.24, 2.45) is 0 Å². The summed E-state index contributed by atoms with van der Waals surface area (Å²) in [5.74, 6) is -1.20. The standard InChI is InChI=1S/C15H18F2N4.ClH/c1-20(13-4-6-18-9-13)10-12-5-7-21(19-12)15-3-2-11(16)8-14(15)17;/h2-3,5,7-8,13,18H,4,6,9-10H2,1H3;1H. The molecule has 0 radical (unpaired) electrons. The Morgan fingerprint density at radius 3 is 2.86 bits per heavy atom. The maximum absolute atomic E-state index is 13.7. The van der Waals surface area contributed by atoms with E-state index in [4.69, 9.17) is 0 Å². The lowest BCUT2D eigenvalue weighted by molar-refractivity contribution is 0.245. The lowest BCUT2D eigenvalue weighted by Gasteiger charge is -2.22. The number of halogens is 3. The molecule has 1 aromatic carbocycles. The van der Waals surface area contributed by atoms with Gasteiger partial charge in [0.2, 0.25) is 0 Å². The number of rotatable bonds is 4. The summed E-state index contributed by atoms with van der Waals surface area (Å²) in [6.07, 6.45) is 2.83. The molecule has 1 atom stereocenters. The van der Waals surface area contributed by atoms with Gasteiger partial charge in [0.1, 0.15) is 11.5 Å². The predicted molar refractivity (Wildman–Crippen MR) is 83.5 cm³/mol. The van der Waals surface area contributed by atoms with Crippen LogP contribution in [-0.4, -0.2) is 40.9 Å². The molecule has 0 spiro atoms. The third-order valence-corrected chi connectivity index (χ3v) is 3.87. The van der Waals surface area contributed by atoms with Crippen LogP contribution in [0.5, 0.6) is 0 Å². The van der Waals surface area contributed by atoms with Gasteiger partial charge in [-0.25, -0.2) is 13.5 Å². The maximum Gasteiger partial charge on any atom is 0.151 e. The number of nitrogens with zero attached hydrogens (tertiary/aromatic N) is 3. The Labute approximate surface area is 134 Å². The molecule has 1 fully saturated rings. The second-order valence-electron chi connectivity index (χ2n) is 5.41. The minimum Gasteiger partial charge on any atom is -0.315 e. The Morgan fingerprint density at radius 1 is 1.36 bits per heavy atom. The zero-order valence-corrected chi connectivity index (χ0v) is 13.1. The summed E-state index contributed by atoms with van der Waals surface area (Å²) in [5, 5.41) is 7.70. The summed E-state index contributed by atoms with van der Waals surface area (Å²) in [5.41, 5.74) is 1.13. The molecular weight excluding hydrogens is 310 g/mol.